The molecule has 1 aromatic rings. The summed E-state index contributed by atoms with van der Waals surface area (Å²) in [6.07, 6.45) is 4.00. The second kappa shape index (κ2) is 6.02. The zero-order chi connectivity index (χ0) is 13.7. The molecule has 4 nitrogen and oxygen atoms in total. The second-order valence-corrected chi connectivity index (χ2v) is 5.15. The fourth-order valence-electron chi connectivity index (χ4n) is 2.51. The first kappa shape index (κ1) is 13.8. The molecule has 0 aliphatic heterocycles. The average Bonchev–Trinajstić information content (AvgIpc) is 2.89. The van der Waals surface area contributed by atoms with E-state index < -0.39 is 11.8 Å². The molecule has 0 unspecified atom stereocenters. The highest BCUT2D eigenvalue weighted by atomic mass is 19.1. The highest BCUT2D eigenvalue weighted by Crippen LogP contribution is 2.36. The van der Waals surface area contributed by atoms with Crippen molar-refractivity contribution in [2.45, 2.75) is 25.7 Å². The van der Waals surface area contributed by atoms with Crippen molar-refractivity contribution < 1.29 is 14.3 Å². The molecule has 1 aromatic carbocycles. The fraction of sp³-hybridized carbons (Fsp3) is 0.500. The molecule has 1 aliphatic carbocycles. The lowest BCUT2D eigenvalue weighted by Crippen LogP contribution is -2.40. The molecular weight excluding hydrogens is 247 g/mol. The third kappa shape index (κ3) is 3.44. The van der Waals surface area contributed by atoms with Crippen molar-refractivity contribution in [2.75, 3.05) is 18.5 Å². The van der Waals surface area contributed by atoms with E-state index in [4.69, 9.17) is 0 Å². The number of para-hydroxylation sites is 1. The lowest BCUT2D eigenvalue weighted by molar-refractivity contribution is 0.130. The smallest absolute Gasteiger partial charge is 0.319 e. The van der Waals surface area contributed by atoms with Crippen LogP contribution in [0, 0.1) is 11.2 Å². The number of benzene rings is 1. The van der Waals surface area contributed by atoms with E-state index in [1.165, 1.54) is 12.1 Å². The van der Waals surface area contributed by atoms with Crippen LogP contribution in [0.15, 0.2) is 24.3 Å². The zero-order valence-electron chi connectivity index (χ0n) is 10.8. The van der Waals surface area contributed by atoms with Crippen LogP contribution in [0.4, 0.5) is 14.9 Å². The maximum atomic E-state index is 13.4. The van der Waals surface area contributed by atoms with Crippen LogP contribution in [-0.4, -0.2) is 24.3 Å². The number of aliphatic hydroxyl groups excluding tert-OH is 1. The summed E-state index contributed by atoms with van der Waals surface area (Å²) in [6.45, 7) is 0.497. The van der Waals surface area contributed by atoms with Gasteiger partial charge in [0.25, 0.3) is 0 Å². The maximum Gasteiger partial charge on any atom is 0.319 e. The monoisotopic (exact) mass is 266 g/mol. The van der Waals surface area contributed by atoms with Crippen molar-refractivity contribution in [1.82, 2.24) is 5.32 Å². The van der Waals surface area contributed by atoms with Crippen LogP contribution in [0.25, 0.3) is 0 Å². The summed E-state index contributed by atoms with van der Waals surface area (Å²) < 4.78 is 13.4. The van der Waals surface area contributed by atoms with Crippen molar-refractivity contribution in [1.29, 1.82) is 0 Å². The zero-order valence-corrected chi connectivity index (χ0v) is 10.8. The van der Waals surface area contributed by atoms with Gasteiger partial charge in [-0.2, -0.15) is 0 Å². The Morgan fingerprint density at radius 2 is 2.00 bits per heavy atom. The number of hydrogen-bond acceptors (Lipinski definition) is 2. The van der Waals surface area contributed by atoms with Gasteiger partial charge in [-0.3, -0.25) is 0 Å². The number of amides is 2. The topological polar surface area (TPSA) is 61.4 Å². The Morgan fingerprint density at radius 3 is 2.63 bits per heavy atom. The quantitative estimate of drug-likeness (QED) is 0.784. The number of aliphatic hydroxyl groups is 1. The Hall–Kier alpha value is -1.62. The predicted molar refractivity (Wildman–Crippen MR) is 71.4 cm³/mol. The molecule has 0 bridgehead atoms. The lowest BCUT2D eigenvalue weighted by atomic mass is 9.87. The molecular formula is C14H19FN2O2. The van der Waals surface area contributed by atoms with Gasteiger partial charge in [0.1, 0.15) is 5.82 Å². The van der Waals surface area contributed by atoms with Crippen molar-refractivity contribution in [3.8, 4) is 0 Å². The minimum Gasteiger partial charge on any atom is -0.396 e. The first-order valence-electron chi connectivity index (χ1n) is 6.55. The maximum absolute atomic E-state index is 13.4. The molecule has 1 saturated carbocycles. The molecule has 5 heteroatoms. The van der Waals surface area contributed by atoms with Gasteiger partial charge in [-0.15, -0.1) is 0 Å². The van der Waals surface area contributed by atoms with Gasteiger partial charge in [0, 0.05) is 12.0 Å². The van der Waals surface area contributed by atoms with Crippen molar-refractivity contribution in [3.05, 3.63) is 30.1 Å². The van der Waals surface area contributed by atoms with Gasteiger partial charge in [0.2, 0.25) is 0 Å². The lowest BCUT2D eigenvalue weighted by Gasteiger charge is -2.26. The molecule has 19 heavy (non-hydrogen) atoms. The van der Waals surface area contributed by atoms with Crippen molar-refractivity contribution in [3.63, 3.8) is 0 Å². The number of hydrogen-bond donors (Lipinski definition) is 3. The van der Waals surface area contributed by atoms with E-state index in [1.807, 2.05) is 0 Å². The van der Waals surface area contributed by atoms with Crippen LogP contribution in [-0.2, 0) is 0 Å². The van der Waals surface area contributed by atoms with Crippen LogP contribution >= 0.6 is 0 Å². The molecule has 0 aromatic heterocycles. The number of urea groups is 1. The Bertz CT molecular complexity index is 445. The summed E-state index contributed by atoms with van der Waals surface area (Å²) in [5, 5.41) is 14.6. The summed E-state index contributed by atoms with van der Waals surface area (Å²) in [5.41, 5.74) is -0.0449. The first-order chi connectivity index (χ1) is 9.15. The number of anilines is 1. The third-order valence-corrected chi connectivity index (χ3v) is 3.75. The molecule has 0 atom stereocenters. The van der Waals surface area contributed by atoms with E-state index >= 15 is 0 Å². The van der Waals surface area contributed by atoms with Gasteiger partial charge < -0.3 is 15.7 Å². The van der Waals surface area contributed by atoms with E-state index in [0.717, 1.165) is 25.7 Å². The summed E-state index contributed by atoms with van der Waals surface area (Å²) in [4.78, 5) is 11.7. The normalized spacial score (nSPS) is 17.2. The van der Waals surface area contributed by atoms with Gasteiger partial charge in [-0.05, 0) is 25.0 Å². The van der Waals surface area contributed by atoms with Crippen LogP contribution in [0.5, 0.6) is 0 Å². The predicted octanol–water partition coefficient (Wildman–Crippen LogP) is 2.50. The molecule has 1 aliphatic rings. The minimum atomic E-state index is -0.463. The van der Waals surface area contributed by atoms with E-state index in [2.05, 4.69) is 10.6 Å². The van der Waals surface area contributed by atoms with Crippen molar-refractivity contribution in [2.24, 2.45) is 5.41 Å². The molecule has 3 N–H and O–H groups in total. The standard InChI is InChI=1S/C14H19FN2O2/c15-11-5-1-2-6-12(11)17-13(19)16-9-14(10-18)7-3-4-8-14/h1-2,5-6,18H,3-4,7-10H2,(H2,16,17,19). The van der Waals surface area contributed by atoms with Crippen LogP contribution in [0.2, 0.25) is 0 Å². The SMILES string of the molecule is O=C(NCC1(CO)CCCC1)Nc1ccccc1F. The largest absolute Gasteiger partial charge is 0.396 e. The number of carbonyl (C=O) groups excluding carboxylic acids is 1. The van der Waals surface area contributed by atoms with Gasteiger partial charge >= 0.3 is 6.03 Å². The molecule has 0 heterocycles. The average molecular weight is 266 g/mol. The van der Waals surface area contributed by atoms with E-state index in [9.17, 15) is 14.3 Å². The molecule has 0 saturated heterocycles. The van der Waals surface area contributed by atoms with Gasteiger partial charge in [-0.25, -0.2) is 9.18 Å². The molecule has 104 valence electrons. The van der Waals surface area contributed by atoms with E-state index in [0.29, 0.717) is 6.54 Å². The Balaban J connectivity index is 1.86. The van der Waals surface area contributed by atoms with Crippen molar-refractivity contribution >= 4 is 11.7 Å². The second-order valence-electron chi connectivity index (χ2n) is 5.15. The number of nitrogens with one attached hydrogen (secondary N) is 2. The van der Waals surface area contributed by atoms with Gasteiger partial charge in [0.05, 0.1) is 12.3 Å². The Labute approximate surface area is 112 Å². The fourth-order valence-corrected chi connectivity index (χ4v) is 2.51. The van der Waals surface area contributed by atoms with E-state index in [1.54, 1.807) is 12.1 Å². The summed E-state index contributed by atoms with van der Waals surface area (Å²) in [6, 6.07) is 5.58. The Kier molecular flexibility index (Phi) is 4.37. The summed E-state index contributed by atoms with van der Waals surface area (Å²) in [5.74, 6) is -0.463. The summed E-state index contributed by atoms with van der Waals surface area (Å²) >= 11 is 0. The van der Waals surface area contributed by atoms with Crippen LogP contribution in [0.3, 0.4) is 0 Å². The molecule has 1 fully saturated rings. The number of halogens is 1. The van der Waals surface area contributed by atoms with Gasteiger partial charge in [-0.1, -0.05) is 25.0 Å². The third-order valence-electron chi connectivity index (χ3n) is 3.75. The Morgan fingerprint density at radius 1 is 1.32 bits per heavy atom. The van der Waals surface area contributed by atoms with Crippen LogP contribution in [0.1, 0.15) is 25.7 Å². The summed E-state index contributed by atoms with van der Waals surface area (Å²) in [7, 11) is 0. The molecule has 0 radical (unpaired) electrons. The highest BCUT2D eigenvalue weighted by Gasteiger charge is 2.33. The highest BCUT2D eigenvalue weighted by molar-refractivity contribution is 5.89. The molecule has 0 spiro atoms. The van der Waals surface area contributed by atoms with Crippen LogP contribution < -0.4 is 10.6 Å². The van der Waals surface area contributed by atoms with Gasteiger partial charge in [0.15, 0.2) is 0 Å². The number of carbonyl (C=O) groups is 1. The number of rotatable bonds is 4. The molecule has 2 rings (SSSR count). The first-order valence-corrected chi connectivity index (χ1v) is 6.55. The molecule has 2 amide bonds. The minimum absolute atomic E-state index is 0.0764. The van der Waals surface area contributed by atoms with E-state index in [-0.39, 0.29) is 17.7 Å².